The number of hydrogen-bond donors (Lipinski definition) is 2. The Morgan fingerprint density at radius 3 is 2.57 bits per heavy atom. The third-order valence-corrected chi connectivity index (χ3v) is 4.94. The molecule has 1 aromatic rings. The zero-order valence-electron chi connectivity index (χ0n) is 14.3. The average molecular weight is 340 g/mol. The van der Waals surface area contributed by atoms with E-state index in [9.17, 15) is 13.2 Å². The van der Waals surface area contributed by atoms with Crippen molar-refractivity contribution < 1.29 is 13.2 Å². The van der Waals surface area contributed by atoms with E-state index in [2.05, 4.69) is 17.0 Å². The summed E-state index contributed by atoms with van der Waals surface area (Å²) in [5.74, 6) is 0.193. The maximum absolute atomic E-state index is 12.2. The van der Waals surface area contributed by atoms with E-state index in [0.717, 1.165) is 25.7 Å². The molecule has 0 radical (unpaired) electrons. The van der Waals surface area contributed by atoms with Crippen molar-refractivity contribution in [3.63, 3.8) is 0 Å². The molecule has 0 heterocycles. The van der Waals surface area contributed by atoms with Crippen molar-refractivity contribution in [2.24, 2.45) is 5.92 Å². The first-order chi connectivity index (χ1) is 10.9. The van der Waals surface area contributed by atoms with Gasteiger partial charge in [-0.05, 0) is 37.0 Å². The molecule has 2 N–H and O–H groups in total. The van der Waals surface area contributed by atoms with Crippen LogP contribution in [0.15, 0.2) is 29.2 Å². The van der Waals surface area contributed by atoms with Crippen LogP contribution in [-0.4, -0.2) is 27.4 Å². The Kier molecular flexibility index (Phi) is 8.26. The first-order valence-electron chi connectivity index (χ1n) is 8.24. The predicted octanol–water partition coefficient (Wildman–Crippen LogP) is 2.93. The van der Waals surface area contributed by atoms with Gasteiger partial charge in [0.05, 0.1) is 4.90 Å². The van der Waals surface area contributed by atoms with Gasteiger partial charge in [0.2, 0.25) is 10.0 Å². The number of benzene rings is 1. The van der Waals surface area contributed by atoms with Crippen molar-refractivity contribution in [3.8, 4) is 0 Å². The summed E-state index contributed by atoms with van der Waals surface area (Å²) in [5.41, 5.74) is 0.369. The Morgan fingerprint density at radius 1 is 1.17 bits per heavy atom. The van der Waals surface area contributed by atoms with Crippen LogP contribution < -0.4 is 10.0 Å². The molecule has 5 nitrogen and oxygen atoms in total. The first-order valence-corrected chi connectivity index (χ1v) is 9.73. The number of carbonyl (C=O) groups excluding carboxylic acids is 1. The predicted molar refractivity (Wildman–Crippen MR) is 92.9 cm³/mol. The van der Waals surface area contributed by atoms with Crippen molar-refractivity contribution in [2.45, 2.75) is 51.3 Å². The fourth-order valence-electron chi connectivity index (χ4n) is 2.05. The number of nitrogens with one attached hydrogen (secondary N) is 2. The molecule has 0 unspecified atom stereocenters. The third-order valence-electron chi connectivity index (χ3n) is 3.49. The van der Waals surface area contributed by atoms with Gasteiger partial charge in [-0.2, -0.15) is 0 Å². The van der Waals surface area contributed by atoms with Gasteiger partial charge in [-0.3, -0.25) is 4.79 Å². The number of rotatable bonds is 10. The number of amides is 1. The standard InChI is InChI=1S/C17H28N2O3S/c1-4-5-6-11-18-17(20)15-8-7-9-16(13-15)23(21,22)19-12-10-14(2)3/h7-9,13-14,19H,4-6,10-12H2,1-3H3,(H,18,20). The number of carbonyl (C=O) groups is 1. The molecule has 0 atom stereocenters. The molecule has 0 saturated heterocycles. The minimum atomic E-state index is -3.57. The van der Waals surface area contributed by atoms with Gasteiger partial charge in [-0.15, -0.1) is 0 Å². The number of unbranched alkanes of at least 4 members (excludes halogenated alkanes) is 2. The smallest absolute Gasteiger partial charge is 0.251 e. The Hall–Kier alpha value is -1.40. The molecule has 0 fully saturated rings. The zero-order valence-corrected chi connectivity index (χ0v) is 15.1. The third kappa shape index (κ3) is 7.14. The summed E-state index contributed by atoms with van der Waals surface area (Å²) in [4.78, 5) is 12.2. The summed E-state index contributed by atoms with van der Waals surface area (Å²) in [5, 5.41) is 2.82. The van der Waals surface area contributed by atoms with Crippen LogP contribution >= 0.6 is 0 Å². The minimum absolute atomic E-state index is 0.127. The average Bonchev–Trinajstić information content (AvgIpc) is 2.51. The SMILES string of the molecule is CCCCCNC(=O)c1cccc(S(=O)(=O)NCCC(C)C)c1. The Labute approximate surface area is 139 Å². The van der Waals surface area contributed by atoms with Gasteiger partial charge >= 0.3 is 0 Å². The van der Waals surface area contributed by atoms with Gasteiger partial charge in [0, 0.05) is 18.7 Å². The highest BCUT2D eigenvalue weighted by atomic mass is 32.2. The van der Waals surface area contributed by atoms with Crippen LogP contribution in [0, 0.1) is 5.92 Å². The molecule has 0 aliphatic rings. The molecule has 0 aliphatic carbocycles. The van der Waals surface area contributed by atoms with E-state index in [1.807, 2.05) is 13.8 Å². The highest BCUT2D eigenvalue weighted by Crippen LogP contribution is 2.12. The van der Waals surface area contributed by atoms with Crippen LogP contribution in [0.3, 0.4) is 0 Å². The van der Waals surface area contributed by atoms with Gasteiger partial charge in [0.25, 0.3) is 5.91 Å². The lowest BCUT2D eigenvalue weighted by molar-refractivity contribution is 0.0952. The molecule has 0 aliphatic heterocycles. The summed E-state index contributed by atoms with van der Waals surface area (Å²) >= 11 is 0. The molecule has 6 heteroatoms. The van der Waals surface area contributed by atoms with E-state index in [0.29, 0.717) is 24.6 Å². The molecule has 1 rings (SSSR count). The highest BCUT2D eigenvalue weighted by molar-refractivity contribution is 7.89. The molecular formula is C17H28N2O3S. The second-order valence-corrected chi connectivity index (χ2v) is 7.84. The van der Waals surface area contributed by atoms with E-state index < -0.39 is 10.0 Å². The summed E-state index contributed by atoms with van der Waals surface area (Å²) in [7, 11) is -3.57. The second kappa shape index (κ2) is 9.67. The van der Waals surface area contributed by atoms with Crippen LogP contribution in [0.25, 0.3) is 0 Å². The molecule has 0 aromatic heterocycles. The van der Waals surface area contributed by atoms with E-state index in [4.69, 9.17) is 0 Å². The molecule has 0 saturated carbocycles. The van der Waals surface area contributed by atoms with Gasteiger partial charge < -0.3 is 5.32 Å². The first kappa shape index (κ1) is 19.6. The molecule has 1 aromatic carbocycles. The molecule has 0 spiro atoms. The summed E-state index contributed by atoms with van der Waals surface area (Å²) in [6.07, 6.45) is 3.86. The highest BCUT2D eigenvalue weighted by Gasteiger charge is 2.15. The van der Waals surface area contributed by atoms with Crippen molar-refractivity contribution in [1.29, 1.82) is 0 Å². The lowest BCUT2D eigenvalue weighted by Crippen LogP contribution is -2.27. The number of hydrogen-bond acceptors (Lipinski definition) is 3. The Bertz CT molecular complexity index is 598. The molecular weight excluding hydrogens is 312 g/mol. The Morgan fingerprint density at radius 2 is 1.91 bits per heavy atom. The maximum Gasteiger partial charge on any atom is 0.251 e. The zero-order chi connectivity index (χ0) is 17.3. The fourth-order valence-corrected chi connectivity index (χ4v) is 3.14. The summed E-state index contributed by atoms with van der Waals surface area (Å²) in [6.45, 7) is 7.18. The summed E-state index contributed by atoms with van der Waals surface area (Å²) < 4.78 is 27.1. The van der Waals surface area contributed by atoms with Gasteiger partial charge in [-0.25, -0.2) is 13.1 Å². The van der Waals surface area contributed by atoms with E-state index >= 15 is 0 Å². The largest absolute Gasteiger partial charge is 0.352 e. The molecule has 0 bridgehead atoms. The van der Waals surface area contributed by atoms with E-state index in [1.165, 1.54) is 12.1 Å². The number of sulfonamides is 1. The van der Waals surface area contributed by atoms with Crippen LogP contribution in [0.5, 0.6) is 0 Å². The molecule has 130 valence electrons. The van der Waals surface area contributed by atoms with Crippen molar-refractivity contribution in [1.82, 2.24) is 10.0 Å². The fraction of sp³-hybridized carbons (Fsp3) is 0.588. The van der Waals surface area contributed by atoms with Crippen LogP contribution in [0.1, 0.15) is 56.8 Å². The Balaban J connectivity index is 2.69. The van der Waals surface area contributed by atoms with Gasteiger partial charge in [0.15, 0.2) is 0 Å². The van der Waals surface area contributed by atoms with Gasteiger partial charge in [0.1, 0.15) is 0 Å². The second-order valence-electron chi connectivity index (χ2n) is 6.07. The minimum Gasteiger partial charge on any atom is -0.352 e. The van der Waals surface area contributed by atoms with Crippen LogP contribution in [0.2, 0.25) is 0 Å². The topological polar surface area (TPSA) is 75.3 Å². The maximum atomic E-state index is 12.2. The van der Waals surface area contributed by atoms with Crippen molar-refractivity contribution in [2.75, 3.05) is 13.1 Å². The monoisotopic (exact) mass is 340 g/mol. The quantitative estimate of drug-likeness (QED) is 0.643. The normalized spacial score (nSPS) is 11.7. The van der Waals surface area contributed by atoms with E-state index in [1.54, 1.807) is 12.1 Å². The molecule has 23 heavy (non-hydrogen) atoms. The van der Waals surface area contributed by atoms with Crippen LogP contribution in [-0.2, 0) is 10.0 Å². The summed E-state index contributed by atoms with van der Waals surface area (Å²) in [6, 6.07) is 6.15. The van der Waals surface area contributed by atoms with E-state index in [-0.39, 0.29) is 10.8 Å². The van der Waals surface area contributed by atoms with Crippen molar-refractivity contribution in [3.05, 3.63) is 29.8 Å². The molecule has 1 amide bonds. The lowest BCUT2D eigenvalue weighted by atomic mass is 10.1. The van der Waals surface area contributed by atoms with Crippen LogP contribution in [0.4, 0.5) is 0 Å². The van der Waals surface area contributed by atoms with Gasteiger partial charge in [-0.1, -0.05) is 39.7 Å². The van der Waals surface area contributed by atoms with Crippen molar-refractivity contribution >= 4 is 15.9 Å². The lowest BCUT2D eigenvalue weighted by Gasteiger charge is -2.10.